The van der Waals surface area contributed by atoms with Crippen molar-refractivity contribution in [2.45, 2.75) is 23.5 Å². The lowest BCUT2D eigenvalue weighted by Crippen LogP contribution is -2.51. The van der Waals surface area contributed by atoms with Crippen molar-refractivity contribution in [2.75, 3.05) is 0 Å². The SMILES string of the molecule is OC12c3ncc(Cl)cc3OC1(c1ccc(Br)cc1)C(c1ccccc1)C1CC12. The lowest BCUT2D eigenvalue weighted by molar-refractivity contribution is -0.127. The van der Waals surface area contributed by atoms with Gasteiger partial charge in [-0.25, -0.2) is 0 Å². The first-order valence-electron chi connectivity index (χ1n) is 9.44. The molecule has 2 aromatic carbocycles. The Morgan fingerprint density at radius 2 is 1.86 bits per heavy atom. The summed E-state index contributed by atoms with van der Waals surface area (Å²) in [5, 5.41) is 12.8. The summed E-state index contributed by atoms with van der Waals surface area (Å²) >= 11 is 9.73. The fraction of sp³-hybridized carbons (Fsp3) is 0.261. The quantitative estimate of drug-likeness (QED) is 0.563. The number of aliphatic hydroxyl groups is 1. The smallest absolute Gasteiger partial charge is 0.176 e. The fourth-order valence-electron chi connectivity index (χ4n) is 5.63. The highest BCUT2D eigenvalue weighted by molar-refractivity contribution is 9.10. The maximum absolute atomic E-state index is 12.2. The van der Waals surface area contributed by atoms with E-state index in [4.69, 9.17) is 16.3 Å². The Hall–Kier alpha value is -1.88. The molecule has 5 heteroatoms. The highest BCUT2D eigenvalue weighted by atomic mass is 79.9. The molecule has 140 valence electrons. The van der Waals surface area contributed by atoms with E-state index in [0.29, 0.717) is 22.4 Å². The van der Waals surface area contributed by atoms with E-state index < -0.39 is 11.2 Å². The van der Waals surface area contributed by atoms with Crippen LogP contribution in [0.25, 0.3) is 0 Å². The van der Waals surface area contributed by atoms with Gasteiger partial charge in [0.05, 0.1) is 5.02 Å². The van der Waals surface area contributed by atoms with Gasteiger partial charge in [0.15, 0.2) is 11.2 Å². The van der Waals surface area contributed by atoms with Crippen molar-refractivity contribution in [3.05, 3.63) is 93.2 Å². The number of rotatable bonds is 2. The Balaban J connectivity index is 1.65. The summed E-state index contributed by atoms with van der Waals surface area (Å²) < 4.78 is 7.68. The van der Waals surface area contributed by atoms with Crippen LogP contribution in [0.2, 0.25) is 5.02 Å². The number of nitrogens with zero attached hydrogens (tertiary/aromatic N) is 1. The molecule has 2 fully saturated rings. The third kappa shape index (κ3) is 1.96. The largest absolute Gasteiger partial charge is 0.476 e. The van der Waals surface area contributed by atoms with E-state index in [9.17, 15) is 5.11 Å². The van der Waals surface area contributed by atoms with E-state index in [1.54, 1.807) is 12.3 Å². The summed E-state index contributed by atoms with van der Waals surface area (Å²) in [6.45, 7) is 0. The number of aromatic nitrogens is 1. The number of fused-ring (bicyclic) bond motifs is 5. The average molecular weight is 455 g/mol. The van der Waals surface area contributed by atoms with Crippen LogP contribution in [-0.2, 0) is 11.2 Å². The van der Waals surface area contributed by atoms with Crippen molar-refractivity contribution in [1.29, 1.82) is 0 Å². The predicted molar refractivity (Wildman–Crippen MR) is 110 cm³/mol. The number of hydrogen-bond donors (Lipinski definition) is 1. The molecular formula is C23H17BrClNO2. The highest BCUT2D eigenvalue weighted by Gasteiger charge is 2.81. The van der Waals surface area contributed by atoms with Gasteiger partial charge >= 0.3 is 0 Å². The van der Waals surface area contributed by atoms with E-state index in [0.717, 1.165) is 16.5 Å². The van der Waals surface area contributed by atoms with Gasteiger partial charge in [-0.2, -0.15) is 0 Å². The molecule has 0 saturated heterocycles. The Labute approximate surface area is 176 Å². The Bertz CT molecular complexity index is 1090. The van der Waals surface area contributed by atoms with Gasteiger partial charge in [-0.1, -0.05) is 70.0 Å². The zero-order valence-electron chi connectivity index (χ0n) is 14.8. The van der Waals surface area contributed by atoms with Crippen molar-refractivity contribution >= 4 is 27.5 Å². The molecule has 2 aliphatic carbocycles. The molecular weight excluding hydrogens is 438 g/mol. The summed E-state index contributed by atoms with van der Waals surface area (Å²) in [7, 11) is 0. The minimum absolute atomic E-state index is 0.0397. The van der Waals surface area contributed by atoms with E-state index in [1.165, 1.54) is 5.56 Å². The first kappa shape index (κ1) is 17.0. The first-order chi connectivity index (χ1) is 13.6. The molecule has 28 heavy (non-hydrogen) atoms. The lowest BCUT2D eigenvalue weighted by atomic mass is 9.69. The van der Waals surface area contributed by atoms with Crippen LogP contribution in [0.3, 0.4) is 0 Å². The second kappa shape index (κ2) is 5.59. The second-order valence-corrected chi connectivity index (χ2v) is 9.36. The number of benzene rings is 2. The van der Waals surface area contributed by atoms with Crippen molar-refractivity contribution in [2.24, 2.45) is 11.8 Å². The van der Waals surface area contributed by atoms with Crippen molar-refractivity contribution in [3.63, 3.8) is 0 Å². The summed E-state index contributed by atoms with van der Waals surface area (Å²) in [6.07, 6.45) is 2.58. The first-order valence-corrected chi connectivity index (χ1v) is 10.6. The van der Waals surface area contributed by atoms with Gasteiger partial charge in [0, 0.05) is 28.6 Å². The van der Waals surface area contributed by atoms with Gasteiger partial charge in [-0.3, -0.25) is 4.98 Å². The minimum atomic E-state index is -1.17. The van der Waals surface area contributed by atoms with Gasteiger partial charge in [-0.15, -0.1) is 0 Å². The molecule has 2 saturated carbocycles. The molecule has 1 N–H and O–H groups in total. The third-order valence-electron chi connectivity index (χ3n) is 6.69. The predicted octanol–water partition coefficient (Wildman–Crippen LogP) is 5.41. The molecule has 3 nitrogen and oxygen atoms in total. The van der Waals surface area contributed by atoms with Crippen molar-refractivity contribution in [1.82, 2.24) is 4.98 Å². The van der Waals surface area contributed by atoms with Gasteiger partial charge in [0.1, 0.15) is 11.4 Å². The van der Waals surface area contributed by atoms with Gasteiger partial charge in [-0.05, 0) is 35.6 Å². The van der Waals surface area contributed by atoms with Crippen LogP contribution in [0.4, 0.5) is 0 Å². The Kier molecular flexibility index (Phi) is 3.40. The van der Waals surface area contributed by atoms with Crippen LogP contribution in [0.1, 0.15) is 29.2 Å². The molecule has 1 aromatic heterocycles. The second-order valence-electron chi connectivity index (χ2n) is 8.01. The summed E-state index contributed by atoms with van der Waals surface area (Å²) in [6, 6.07) is 20.3. The third-order valence-corrected chi connectivity index (χ3v) is 7.43. The molecule has 5 atom stereocenters. The average Bonchev–Trinajstić information content (AvgIpc) is 3.39. The summed E-state index contributed by atoms with van der Waals surface area (Å²) in [5.41, 5.74) is 0.682. The molecule has 3 aromatic rings. The number of ether oxygens (including phenoxy) is 1. The maximum Gasteiger partial charge on any atom is 0.176 e. The van der Waals surface area contributed by atoms with Crippen LogP contribution in [0.15, 0.2) is 71.3 Å². The molecule has 0 bridgehead atoms. The van der Waals surface area contributed by atoms with Crippen molar-refractivity contribution < 1.29 is 9.84 Å². The maximum atomic E-state index is 12.2. The minimum Gasteiger partial charge on any atom is -0.476 e. The fourth-order valence-corrected chi connectivity index (χ4v) is 6.04. The molecule has 6 rings (SSSR count). The van der Waals surface area contributed by atoms with Crippen LogP contribution in [0.5, 0.6) is 5.75 Å². The Morgan fingerprint density at radius 1 is 1.11 bits per heavy atom. The topological polar surface area (TPSA) is 42.4 Å². The zero-order valence-corrected chi connectivity index (χ0v) is 17.2. The van der Waals surface area contributed by atoms with Gasteiger partial charge in [0.2, 0.25) is 0 Å². The van der Waals surface area contributed by atoms with Crippen molar-refractivity contribution in [3.8, 4) is 5.75 Å². The van der Waals surface area contributed by atoms with Crippen LogP contribution in [-0.4, -0.2) is 10.1 Å². The summed E-state index contributed by atoms with van der Waals surface area (Å²) in [4.78, 5) is 4.55. The number of halogens is 2. The number of pyridine rings is 1. The molecule has 0 spiro atoms. The van der Waals surface area contributed by atoms with Crippen LogP contribution < -0.4 is 4.74 Å². The highest BCUT2D eigenvalue weighted by Crippen LogP contribution is 2.78. The molecule has 0 amide bonds. The van der Waals surface area contributed by atoms with E-state index >= 15 is 0 Å². The molecule has 3 aliphatic rings. The summed E-state index contributed by atoms with van der Waals surface area (Å²) in [5.74, 6) is 1.11. The van der Waals surface area contributed by atoms with E-state index in [-0.39, 0.29) is 11.8 Å². The normalized spacial score (nSPS) is 34.3. The molecule has 2 heterocycles. The standard InChI is InChI=1S/C23H17BrClNO2/c24-15-8-6-14(7-9-15)23-20(13-4-2-1-3-5-13)17-11-18(17)22(23,27)21-19(28-23)10-16(25)12-26-21/h1-10,12,17-18,20,27H,11H2. The monoisotopic (exact) mass is 453 g/mol. The molecule has 5 unspecified atom stereocenters. The van der Waals surface area contributed by atoms with Crippen LogP contribution >= 0.6 is 27.5 Å². The molecule has 0 radical (unpaired) electrons. The molecule has 1 aliphatic heterocycles. The van der Waals surface area contributed by atoms with Gasteiger partial charge in [0.25, 0.3) is 0 Å². The van der Waals surface area contributed by atoms with Crippen LogP contribution in [0, 0.1) is 11.8 Å². The van der Waals surface area contributed by atoms with E-state index in [1.807, 2.05) is 30.3 Å². The lowest BCUT2D eigenvalue weighted by Gasteiger charge is -2.42. The zero-order chi connectivity index (χ0) is 19.1. The number of hydrogen-bond acceptors (Lipinski definition) is 3. The Morgan fingerprint density at radius 3 is 2.61 bits per heavy atom. The van der Waals surface area contributed by atoms with E-state index in [2.05, 4.69) is 45.2 Å². The van der Waals surface area contributed by atoms with Gasteiger partial charge < -0.3 is 9.84 Å².